The number of hydrogen-bond acceptors (Lipinski definition) is 7. The number of hydrogen-bond donors (Lipinski definition) is 0. The van der Waals surface area contributed by atoms with Crippen LogP contribution in [0.15, 0.2) is 207 Å². The Balaban J connectivity index is 1.18. The molecule has 286 valence electrons. The van der Waals surface area contributed by atoms with Crippen molar-refractivity contribution >= 4 is 21.8 Å². The fourth-order valence-electron chi connectivity index (χ4n) is 7.87. The van der Waals surface area contributed by atoms with Crippen molar-refractivity contribution in [1.29, 1.82) is 0 Å². The standard InChI is InChI=1S/C53H34N8/c1-5-15-36(16-6-1)48-55-49(37-17-7-2-8-18-37)58-52(57-48)41-26-27-43-42-23-13-14-24-45(42)61(46(43)34-41)47-33-40(35-29-31-54-32-30-35)25-28-44(47)53-59-50(38-19-9-3-10-20-38)56-51(60-53)39-21-11-4-12-22-39/h1-34H. The Morgan fingerprint density at radius 3 is 1.23 bits per heavy atom. The van der Waals surface area contributed by atoms with Crippen molar-refractivity contribution in [2.24, 2.45) is 0 Å². The molecule has 11 aromatic rings. The third-order valence-corrected chi connectivity index (χ3v) is 10.8. The van der Waals surface area contributed by atoms with Crippen molar-refractivity contribution in [3.8, 4) is 85.1 Å². The summed E-state index contributed by atoms with van der Waals surface area (Å²) in [6.07, 6.45) is 3.64. The molecule has 0 fully saturated rings. The van der Waals surface area contributed by atoms with E-state index < -0.39 is 0 Å². The molecule has 0 saturated heterocycles. The number of para-hydroxylation sites is 1. The van der Waals surface area contributed by atoms with Gasteiger partial charge in [-0.05, 0) is 47.5 Å². The van der Waals surface area contributed by atoms with E-state index in [2.05, 4.69) is 70.2 Å². The molecule has 0 amide bonds. The van der Waals surface area contributed by atoms with Gasteiger partial charge in [0.1, 0.15) is 0 Å². The maximum atomic E-state index is 5.20. The molecule has 4 aromatic heterocycles. The summed E-state index contributed by atoms with van der Waals surface area (Å²) in [5.74, 6) is 3.54. The second-order valence-electron chi connectivity index (χ2n) is 14.6. The SMILES string of the molecule is c1ccc(-c2nc(-c3ccccc3)nc(-c3ccc4c5ccccc5n(-c5cc(-c6ccncc6)ccc5-c5nc(-c6ccccc6)nc(-c6ccccc6)n5)c4c3)n2)cc1. The predicted octanol–water partition coefficient (Wildman–Crippen LogP) is 12.2. The average molecular weight is 783 g/mol. The van der Waals surface area contributed by atoms with Gasteiger partial charge in [0.25, 0.3) is 0 Å². The topological polar surface area (TPSA) is 95.2 Å². The molecule has 4 heterocycles. The summed E-state index contributed by atoms with van der Waals surface area (Å²) >= 11 is 0. The average Bonchev–Trinajstić information content (AvgIpc) is 3.68. The second-order valence-corrected chi connectivity index (χ2v) is 14.6. The maximum absolute atomic E-state index is 5.20. The highest BCUT2D eigenvalue weighted by molar-refractivity contribution is 6.10. The van der Waals surface area contributed by atoms with Crippen molar-refractivity contribution in [3.05, 3.63) is 207 Å². The lowest BCUT2D eigenvalue weighted by Crippen LogP contribution is -2.04. The van der Waals surface area contributed by atoms with Crippen LogP contribution in [0.25, 0.3) is 107 Å². The van der Waals surface area contributed by atoms with Crippen LogP contribution in [-0.4, -0.2) is 39.5 Å². The van der Waals surface area contributed by atoms with Gasteiger partial charge in [-0.1, -0.05) is 158 Å². The lowest BCUT2D eigenvalue weighted by Gasteiger charge is -2.17. The number of benzene rings is 7. The van der Waals surface area contributed by atoms with Crippen LogP contribution in [0.5, 0.6) is 0 Å². The summed E-state index contributed by atoms with van der Waals surface area (Å²) in [5, 5.41) is 2.20. The maximum Gasteiger partial charge on any atom is 0.166 e. The van der Waals surface area contributed by atoms with Crippen LogP contribution in [0.4, 0.5) is 0 Å². The summed E-state index contributed by atoms with van der Waals surface area (Å²) in [5.41, 5.74) is 10.3. The monoisotopic (exact) mass is 782 g/mol. The highest BCUT2D eigenvalue weighted by Gasteiger charge is 2.22. The Hall–Kier alpha value is -8.49. The Kier molecular flexibility index (Phi) is 8.98. The van der Waals surface area contributed by atoms with Gasteiger partial charge in [0.2, 0.25) is 0 Å². The molecular formula is C53H34N8. The van der Waals surface area contributed by atoms with Crippen molar-refractivity contribution in [1.82, 2.24) is 39.5 Å². The van der Waals surface area contributed by atoms with Crippen LogP contribution in [0.3, 0.4) is 0 Å². The Labute approximate surface area is 351 Å². The Bertz CT molecular complexity index is 3220. The van der Waals surface area contributed by atoms with Crippen LogP contribution in [0, 0.1) is 0 Å². The molecular weight excluding hydrogens is 749 g/mol. The minimum atomic E-state index is 0.559. The smallest absolute Gasteiger partial charge is 0.166 e. The summed E-state index contributed by atoms with van der Waals surface area (Å²) < 4.78 is 2.32. The van der Waals surface area contributed by atoms with Crippen molar-refractivity contribution in [2.45, 2.75) is 0 Å². The highest BCUT2D eigenvalue weighted by Crippen LogP contribution is 2.39. The van der Waals surface area contributed by atoms with Gasteiger partial charge < -0.3 is 4.57 Å². The zero-order valence-electron chi connectivity index (χ0n) is 32.7. The summed E-state index contributed by atoms with van der Waals surface area (Å²) in [6, 6.07) is 65.8. The Morgan fingerprint density at radius 1 is 0.279 bits per heavy atom. The summed E-state index contributed by atoms with van der Waals surface area (Å²) in [6.45, 7) is 0. The number of fused-ring (bicyclic) bond motifs is 3. The van der Waals surface area contributed by atoms with Crippen molar-refractivity contribution in [2.75, 3.05) is 0 Å². The molecule has 0 aliphatic rings. The van der Waals surface area contributed by atoms with Crippen molar-refractivity contribution in [3.63, 3.8) is 0 Å². The van der Waals surface area contributed by atoms with E-state index in [0.717, 1.165) is 72.0 Å². The molecule has 0 aliphatic carbocycles. The second kappa shape index (κ2) is 15.4. The van der Waals surface area contributed by atoms with Crippen LogP contribution in [-0.2, 0) is 0 Å². The van der Waals surface area contributed by atoms with Gasteiger partial charge in [-0.3, -0.25) is 4.98 Å². The van der Waals surface area contributed by atoms with Gasteiger partial charge in [-0.2, -0.15) is 0 Å². The lowest BCUT2D eigenvalue weighted by molar-refractivity contribution is 1.06. The molecule has 0 radical (unpaired) electrons. The normalized spacial score (nSPS) is 11.3. The lowest BCUT2D eigenvalue weighted by atomic mass is 10.0. The molecule has 0 bridgehead atoms. The minimum Gasteiger partial charge on any atom is -0.308 e. The van der Waals surface area contributed by atoms with Gasteiger partial charge in [0, 0.05) is 56.5 Å². The van der Waals surface area contributed by atoms with E-state index in [1.807, 2.05) is 146 Å². The van der Waals surface area contributed by atoms with E-state index in [1.165, 1.54) is 0 Å². The van der Waals surface area contributed by atoms with Crippen LogP contribution < -0.4 is 0 Å². The predicted molar refractivity (Wildman–Crippen MR) is 243 cm³/mol. The first-order chi connectivity index (χ1) is 30.2. The minimum absolute atomic E-state index is 0.559. The fourth-order valence-corrected chi connectivity index (χ4v) is 7.87. The number of aromatic nitrogens is 8. The van der Waals surface area contributed by atoms with Crippen LogP contribution in [0.2, 0.25) is 0 Å². The third-order valence-electron chi connectivity index (χ3n) is 10.8. The molecule has 61 heavy (non-hydrogen) atoms. The van der Waals surface area contributed by atoms with E-state index in [4.69, 9.17) is 29.9 Å². The zero-order valence-corrected chi connectivity index (χ0v) is 32.7. The highest BCUT2D eigenvalue weighted by atomic mass is 15.1. The molecule has 8 heteroatoms. The zero-order chi connectivity index (χ0) is 40.5. The quantitative estimate of drug-likeness (QED) is 0.151. The largest absolute Gasteiger partial charge is 0.308 e. The van der Waals surface area contributed by atoms with Crippen molar-refractivity contribution < 1.29 is 0 Å². The van der Waals surface area contributed by atoms with Gasteiger partial charge in [0.15, 0.2) is 34.9 Å². The fraction of sp³-hybridized carbons (Fsp3) is 0. The summed E-state index contributed by atoms with van der Waals surface area (Å²) in [7, 11) is 0. The van der Waals surface area contributed by atoms with Crippen LogP contribution in [0.1, 0.15) is 0 Å². The first-order valence-electron chi connectivity index (χ1n) is 20.1. The first-order valence-corrected chi connectivity index (χ1v) is 20.1. The van der Waals surface area contributed by atoms with E-state index in [-0.39, 0.29) is 0 Å². The molecule has 0 atom stereocenters. The molecule has 8 nitrogen and oxygen atoms in total. The molecule has 7 aromatic carbocycles. The number of rotatable bonds is 8. The first kappa shape index (κ1) is 35.7. The van der Waals surface area contributed by atoms with Crippen LogP contribution >= 0.6 is 0 Å². The molecule has 0 aliphatic heterocycles. The molecule has 0 saturated carbocycles. The van der Waals surface area contributed by atoms with E-state index in [1.54, 1.807) is 0 Å². The molecule has 0 N–H and O–H groups in total. The van der Waals surface area contributed by atoms with E-state index >= 15 is 0 Å². The molecule has 0 unspecified atom stereocenters. The van der Waals surface area contributed by atoms with Gasteiger partial charge in [-0.15, -0.1) is 0 Å². The third kappa shape index (κ3) is 6.78. The number of nitrogens with zero attached hydrogens (tertiary/aromatic N) is 8. The molecule has 0 spiro atoms. The number of pyridine rings is 1. The van der Waals surface area contributed by atoms with Gasteiger partial charge in [0.05, 0.1) is 16.7 Å². The summed E-state index contributed by atoms with van der Waals surface area (Å²) in [4.78, 5) is 34.9. The Morgan fingerprint density at radius 2 is 0.705 bits per heavy atom. The molecule has 11 rings (SSSR count). The van der Waals surface area contributed by atoms with Gasteiger partial charge in [-0.25, -0.2) is 29.9 Å². The van der Waals surface area contributed by atoms with E-state index in [0.29, 0.717) is 34.9 Å². The van der Waals surface area contributed by atoms with Gasteiger partial charge >= 0.3 is 0 Å². The van der Waals surface area contributed by atoms with E-state index in [9.17, 15) is 0 Å².